The highest BCUT2D eigenvalue weighted by molar-refractivity contribution is 5.83. The number of rotatable bonds is 2. The van der Waals surface area contributed by atoms with Crippen LogP contribution in [0.1, 0.15) is 45.1 Å². The maximum absolute atomic E-state index is 12.4. The molecule has 0 saturated heterocycles. The standard InChI is InChI=1S/C15H23N3O4/c1-6-21-13(19)12-11-10(16-9-17(11)5)7-8-18(12)14(20)22-15(2,3)4/h9,12H,6-8H2,1-5H3. The summed E-state index contributed by atoms with van der Waals surface area (Å²) in [5.74, 6) is -0.460. The van der Waals surface area contributed by atoms with E-state index in [0.29, 0.717) is 18.7 Å². The second-order valence-corrected chi connectivity index (χ2v) is 6.27. The first-order chi connectivity index (χ1) is 10.2. The summed E-state index contributed by atoms with van der Waals surface area (Å²) >= 11 is 0. The van der Waals surface area contributed by atoms with E-state index in [0.717, 1.165) is 5.69 Å². The van der Waals surface area contributed by atoms with Gasteiger partial charge in [0.05, 0.1) is 24.3 Å². The van der Waals surface area contributed by atoms with Crippen LogP contribution >= 0.6 is 0 Å². The van der Waals surface area contributed by atoms with E-state index < -0.39 is 23.7 Å². The van der Waals surface area contributed by atoms with Crippen LogP contribution in [-0.4, -0.2) is 45.3 Å². The number of carbonyl (C=O) groups excluding carboxylic acids is 2. The van der Waals surface area contributed by atoms with Crippen molar-refractivity contribution in [3.8, 4) is 0 Å². The Labute approximate surface area is 130 Å². The topological polar surface area (TPSA) is 73.7 Å². The number of ether oxygens (including phenoxy) is 2. The highest BCUT2D eigenvalue weighted by Gasteiger charge is 2.41. The average Bonchev–Trinajstić information content (AvgIpc) is 2.78. The van der Waals surface area contributed by atoms with Crippen LogP contribution in [0.25, 0.3) is 0 Å². The number of fused-ring (bicyclic) bond motifs is 1. The lowest BCUT2D eigenvalue weighted by Gasteiger charge is -2.35. The SMILES string of the molecule is CCOC(=O)C1c2c(ncn2C)CCN1C(=O)OC(C)(C)C. The summed E-state index contributed by atoms with van der Waals surface area (Å²) in [7, 11) is 1.80. The number of hydrogen-bond acceptors (Lipinski definition) is 5. The number of hydrogen-bond donors (Lipinski definition) is 0. The molecule has 1 atom stereocenters. The van der Waals surface area contributed by atoms with E-state index >= 15 is 0 Å². The first-order valence-electron chi connectivity index (χ1n) is 7.41. The van der Waals surface area contributed by atoms with Gasteiger partial charge in [0.1, 0.15) is 5.60 Å². The normalized spacial score (nSPS) is 17.9. The van der Waals surface area contributed by atoms with Gasteiger partial charge in [0.15, 0.2) is 6.04 Å². The van der Waals surface area contributed by atoms with Crippen LogP contribution in [0, 0.1) is 0 Å². The number of nitrogens with zero attached hydrogens (tertiary/aromatic N) is 3. The van der Waals surface area contributed by atoms with E-state index in [1.54, 1.807) is 45.6 Å². The zero-order chi connectivity index (χ0) is 16.5. The molecule has 0 fully saturated rings. The quantitative estimate of drug-likeness (QED) is 0.779. The second kappa shape index (κ2) is 5.98. The fourth-order valence-corrected chi connectivity index (χ4v) is 2.51. The molecule has 2 rings (SSSR count). The molecule has 0 saturated carbocycles. The first-order valence-corrected chi connectivity index (χ1v) is 7.41. The van der Waals surface area contributed by atoms with Crippen molar-refractivity contribution in [2.75, 3.05) is 13.2 Å². The van der Waals surface area contributed by atoms with E-state index in [2.05, 4.69) is 4.98 Å². The van der Waals surface area contributed by atoms with Gasteiger partial charge in [0.2, 0.25) is 0 Å². The van der Waals surface area contributed by atoms with Gasteiger partial charge in [0.25, 0.3) is 0 Å². The molecule has 1 amide bonds. The fraction of sp³-hybridized carbons (Fsp3) is 0.667. The molecule has 1 unspecified atom stereocenters. The van der Waals surface area contributed by atoms with E-state index in [4.69, 9.17) is 9.47 Å². The Bertz CT molecular complexity index is 574. The van der Waals surface area contributed by atoms with Gasteiger partial charge in [-0.15, -0.1) is 0 Å². The molecule has 0 radical (unpaired) electrons. The number of imidazole rings is 1. The third kappa shape index (κ3) is 3.23. The van der Waals surface area contributed by atoms with Gasteiger partial charge in [-0.3, -0.25) is 4.90 Å². The molecular formula is C15H23N3O4. The molecule has 1 aromatic rings. The third-order valence-electron chi connectivity index (χ3n) is 3.36. The number of esters is 1. The molecule has 0 spiro atoms. The van der Waals surface area contributed by atoms with Crippen LogP contribution in [0.4, 0.5) is 4.79 Å². The predicted molar refractivity (Wildman–Crippen MR) is 79.2 cm³/mol. The van der Waals surface area contributed by atoms with Crippen LogP contribution in [0.5, 0.6) is 0 Å². The molecular weight excluding hydrogens is 286 g/mol. The lowest BCUT2D eigenvalue weighted by Crippen LogP contribution is -2.46. The van der Waals surface area contributed by atoms with Crippen molar-refractivity contribution >= 4 is 12.1 Å². The Balaban J connectivity index is 2.35. The van der Waals surface area contributed by atoms with Gasteiger partial charge < -0.3 is 14.0 Å². The number of aryl methyl sites for hydroxylation is 1. The Morgan fingerprint density at radius 2 is 2.09 bits per heavy atom. The molecule has 1 aliphatic rings. The lowest BCUT2D eigenvalue weighted by atomic mass is 10.0. The number of amides is 1. The van der Waals surface area contributed by atoms with Crippen molar-refractivity contribution in [3.63, 3.8) is 0 Å². The predicted octanol–water partition coefficient (Wildman–Crippen LogP) is 1.82. The minimum Gasteiger partial charge on any atom is -0.464 e. The molecule has 1 aromatic heterocycles. The molecule has 0 aliphatic carbocycles. The van der Waals surface area contributed by atoms with Gasteiger partial charge in [0, 0.05) is 20.0 Å². The summed E-state index contributed by atoms with van der Waals surface area (Å²) in [6.45, 7) is 7.76. The van der Waals surface area contributed by atoms with Crippen molar-refractivity contribution in [1.29, 1.82) is 0 Å². The van der Waals surface area contributed by atoms with Gasteiger partial charge in [-0.2, -0.15) is 0 Å². The van der Waals surface area contributed by atoms with Crippen molar-refractivity contribution in [1.82, 2.24) is 14.5 Å². The molecule has 0 bridgehead atoms. The highest BCUT2D eigenvalue weighted by atomic mass is 16.6. The molecule has 0 aromatic carbocycles. The smallest absolute Gasteiger partial charge is 0.411 e. The minimum absolute atomic E-state index is 0.255. The fourth-order valence-electron chi connectivity index (χ4n) is 2.51. The van der Waals surface area contributed by atoms with Crippen molar-refractivity contribution in [2.45, 2.75) is 45.8 Å². The van der Waals surface area contributed by atoms with E-state index in [-0.39, 0.29) is 6.61 Å². The van der Waals surface area contributed by atoms with Crippen LogP contribution in [0.3, 0.4) is 0 Å². The summed E-state index contributed by atoms with van der Waals surface area (Å²) in [6.07, 6.45) is 1.72. The Hall–Kier alpha value is -2.05. The summed E-state index contributed by atoms with van der Waals surface area (Å²) in [4.78, 5) is 30.5. The zero-order valence-corrected chi connectivity index (χ0v) is 13.8. The van der Waals surface area contributed by atoms with Gasteiger partial charge in [-0.05, 0) is 27.7 Å². The number of aromatic nitrogens is 2. The lowest BCUT2D eigenvalue weighted by molar-refractivity contribution is -0.150. The zero-order valence-electron chi connectivity index (χ0n) is 13.8. The summed E-state index contributed by atoms with van der Waals surface area (Å²) in [5.41, 5.74) is 0.888. The van der Waals surface area contributed by atoms with Crippen molar-refractivity contribution in [2.24, 2.45) is 7.05 Å². The van der Waals surface area contributed by atoms with Crippen LogP contribution < -0.4 is 0 Å². The molecule has 0 N–H and O–H groups in total. The Morgan fingerprint density at radius 3 is 2.68 bits per heavy atom. The maximum Gasteiger partial charge on any atom is 0.411 e. The largest absolute Gasteiger partial charge is 0.464 e. The van der Waals surface area contributed by atoms with Crippen LogP contribution in [0.2, 0.25) is 0 Å². The average molecular weight is 309 g/mol. The van der Waals surface area contributed by atoms with Crippen LogP contribution in [-0.2, 0) is 27.7 Å². The molecule has 1 aliphatic heterocycles. The van der Waals surface area contributed by atoms with E-state index in [9.17, 15) is 9.59 Å². The molecule has 7 heteroatoms. The molecule has 22 heavy (non-hydrogen) atoms. The van der Waals surface area contributed by atoms with Gasteiger partial charge >= 0.3 is 12.1 Å². The van der Waals surface area contributed by atoms with Gasteiger partial charge in [-0.25, -0.2) is 14.6 Å². The summed E-state index contributed by atoms with van der Waals surface area (Å²) in [6, 6.07) is -0.814. The minimum atomic E-state index is -0.814. The molecule has 122 valence electrons. The van der Waals surface area contributed by atoms with E-state index in [1.165, 1.54) is 4.90 Å². The maximum atomic E-state index is 12.4. The van der Waals surface area contributed by atoms with Crippen LogP contribution in [0.15, 0.2) is 6.33 Å². The second-order valence-electron chi connectivity index (χ2n) is 6.27. The monoisotopic (exact) mass is 309 g/mol. The number of carbonyl (C=O) groups is 2. The van der Waals surface area contributed by atoms with Crippen molar-refractivity contribution < 1.29 is 19.1 Å². The summed E-state index contributed by atoms with van der Waals surface area (Å²) < 4.78 is 12.3. The van der Waals surface area contributed by atoms with Crippen molar-refractivity contribution in [3.05, 3.63) is 17.7 Å². The van der Waals surface area contributed by atoms with E-state index in [1.807, 2.05) is 0 Å². The summed E-state index contributed by atoms with van der Waals surface area (Å²) in [5, 5.41) is 0. The first kappa shape index (κ1) is 16.3. The van der Waals surface area contributed by atoms with Gasteiger partial charge in [-0.1, -0.05) is 0 Å². The Kier molecular flexibility index (Phi) is 4.44. The highest BCUT2D eigenvalue weighted by Crippen LogP contribution is 2.31. The molecule has 2 heterocycles. The Morgan fingerprint density at radius 1 is 1.41 bits per heavy atom. The third-order valence-corrected chi connectivity index (χ3v) is 3.36. The molecule has 7 nitrogen and oxygen atoms in total.